The monoisotopic (exact) mass is 291 g/mol. The molecular formula is C13H25NO4S. The summed E-state index contributed by atoms with van der Waals surface area (Å²) in [5.74, 6) is -0.138. The molecule has 19 heavy (non-hydrogen) atoms. The first-order valence-corrected chi connectivity index (χ1v) is 8.36. The maximum absolute atomic E-state index is 12.0. The molecule has 0 saturated heterocycles. The topological polar surface area (TPSA) is 72.5 Å². The quantitative estimate of drug-likeness (QED) is 0.800. The van der Waals surface area contributed by atoms with E-state index in [2.05, 4.69) is 4.72 Å². The Morgan fingerprint density at radius 3 is 2.16 bits per heavy atom. The Morgan fingerprint density at radius 2 is 1.74 bits per heavy atom. The van der Waals surface area contributed by atoms with Crippen LogP contribution in [0.3, 0.4) is 0 Å². The zero-order valence-corrected chi connectivity index (χ0v) is 13.0. The number of sulfonamides is 1. The number of rotatable bonds is 4. The van der Waals surface area contributed by atoms with Crippen LogP contribution in [-0.2, 0) is 19.6 Å². The zero-order chi connectivity index (χ0) is 14.7. The first-order chi connectivity index (χ1) is 8.63. The van der Waals surface area contributed by atoms with Crippen LogP contribution in [0.1, 0.15) is 46.5 Å². The van der Waals surface area contributed by atoms with Gasteiger partial charge in [0.25, 0.3) is 0 Å². The molecule has 1 aliphatic carbocycles. The van der Waals surface area contributed by atoms with Crippen molar-refractivity contribution >= 4 is 16.0 Å². The molecule has 1 fully saturated rings. The van der Waals surface area contributed by atoms with Crippen molar-refractivity contribution in [3.05, 3.63) is 0 Å². The van der Waals surface area contributed by atoms with Crippen LogP contribution in [0.5, 0.6) is 0 Å². The molecule has 0 aromatic carbocycles. The lowest BCUT2D eigenvalue weighted by atomic mass is 9.86. The van der Waals surface area contributed by atoms with Crippen molar-refractivity contribution < 1.29 is 17.9 Å². The molecule has 0 aromatic heterocycles. The van der Waals surface area contributed by atoms with Gasteiger partial charge in [-0.3, -0.25) is 4.79 Å². The molecule has 0 unspecified atom stereocenters. The fraction of sp³-hybridized carbons (Fsp3) is 0.923. The second-order valence-corrected chi connectivity index (χ2v) is 8.26. The van der Waals surface area contributed by atoms with Crippen molar-refractivity contribution in [2.75, 3.05) is 12.9 Å². The van der Waals surface area contributed by atoms with Crippen molar-refractivity contribution in [3.63, 3.8) is 0 Å². The lowest BCUT2D eigenvalue weighted by Gasteiger charge is -2.28. The number of esters is 1. The van der Waals surface area contributed by atoms with E-state index in [0.29, 0.717) is 25.7 Å². The summed E-state index contributed by atoms with van der Waals surface area (Å²) in [6.45, 7) is 5.71. The molecule has 0 heterocycles. The van der Waals surface area contributed by atoms with Crippen molar-refractivity contribution in [2.45, 2.75) is 52.5 Å². The summed E-state index contributed by atoms with van der Waals surface area (Å²) >= 11 is 0. The average molecular weight is 291 g/mol. The highest BCUT2D eigenvalue weighted by Crippen LogP contribution is 2.26. The maximum Gasteiger partial charge on any atom is 0.308 e. The van der Waals surface area contributed by atoms with Crippen LogP contribution >= 0.6 is 0 Å². The van der Waals surface area contributed by atoms with Gasteiger partial charge in [-0.05, 0) is 31.1 Å². The Bertz CT molecular complexity index is 403. The van der Waals surface area contributed by atoms with E-state index in [9.17, 15) is 13.2 Å². The van der Waals surface area contributed by atoms with Gasteiger partial charge in [0.1, 0.15) is 0 Å². The summed E-state index contributed by atoms with van der Waals surface area (Å²) in [6, 6.07) is -0.0479. The van der Waals surface area contributed by atoms with Crippen LogP contribution in [-0.4, -0.2) is 33.3 Å². The van der Waals surface area contributed by atoms with Crippen LogP contribution in [0.15, 0.2) is 0 Å². The zero-order valence-electron chi connectivity index (χ0n) is 12.2. The molecular weight excluding hydrogens is 266 g/mol. The van der Waals surface area contributed by atoms with Gasteiger partial charge < -0.3 is 4.74 Å². The first-order valence-electron chi connectivity index (χ1n) is 6.71. The molecule has 0 bridgehead atoms. The standard InChI is InChI=1S/C13H25NO4S/c1-13(2,3)9-19(16,17)14-11-7-5-10(6-8-11)12(15)18-4/h10-11,14H,5-9H2,1-4H3. The van der Waals surface area contributed by atoms with Gasteiger partial charge >= 0.3 is 5.97 Å². The summed E-state index contributed by atoms with van der Waals surface area (Å²) < 4.78 is 31.4. The van der Waals surface area contributed by atoms with Crippen molar-refractivity contribution in [1.82, 2.24) is 4.72 Å². The van der Waals surface area contributed by atoms with Gasteiger partial charge in [-0.15, -0.1) is 0 Å². The average Bonchev–Trinajstić information content (AvgIpc) is 2.25. The number of ether oxygens (including phenoxy) is 1. The number of carbonyl (C=O) groups is 1. The summed E-state index contributed by atoms with van der Waals surface area (Å²) in [4.78, 5) is 11.4. The van der Waals surface area contributed by atoms with Gasteiger partial charge in [0, 0.05) is 6.04 Å². The third-order valence-corrected chi connectivity index (χ3v) is 5.17. The smallest absolute Gasteiger partial charge is 0.308 e. The number of nitrogens with one attached hydrogen (secondary N) is 1. The van der Waals surface area contributed by atoms with Gasteiger partial charge in [-0.2, -0.15) is 0 Å². The first kappa shape index (κ1) is 16.4. The Labute approximate surface area is 116 Å². The highest BCUT2D eigenvalue weighted by Gasteiger charge is 2.30. The minimum atomic E-state index is -3.25. The molecule has 1 aliphatic rings. The third kappa shape index (κ3) is 5.91. The predicted octanol–water partition coefficient (Wildman–Crippen LogP) is 1.68. The minimum Gasteiger partial charge on any atom is -0.469 e. The molecule has 0 amide bonds. The lowest BCUT2D eigenvalue weighted by Crippen LogP contribution is -2.42. The van der Waals surface area contributed by atoms with Crippen LogP contribution in [0.25, 0.3) is 0 Å². The molecule has 0 radical (unpaired) electrons. The minimum absolute atomic E-state index is 0.0479. The predicted molar refractivity (Wildman–Crippen MR) is 74.1 cm³/mol. The molecule has 1 N–H and O–H groups in total. The Hall–Kier alpha value is -0.620. The molecule has 0 atom stereocenters. The highest BCUT2D eigenvalue weighted by atomic mass is 32.2. The summed E-state index contributed by atoms with van der Waals surface area (Å²) in [5.41, 5.74) is -0.255. The highest BCUT2D eigenvalue weighted by molar-refractivity contribution is 7.89. The summed E-state index contributed by atoms with van der Waals surface area (Å²) in [5, 5.41) is 0. The lowest BCUT2D eigenvalue weighted by molar-refractivity contribution is -0.146. The van der Waals surface area contributed by atoms with Crippen LogP contribution in [0.2, 0.25) is 0 Å². The van der Waals surface area contributed by atoms with Crippen molar-refractivity contribution in [2.24, 2.45) is 11.3 Å². The fourth-order valence-electron chi connectivity index (χ4n) is 2.48. The molecule has 1 saturated carbocycles. The molecule has 0 spiro atoms. The van der Waals surface area contributed by atoms with Crippen LogP contribution < -0.4 is 4.72 Å². The van der Waals surface area contributed by atoms with E-state index in [1.807, 2.05) is 20.8 Å². The molecule has 5 nitrogen and oxygen atoms in total. The van der Waals surface area contributed by atoms with E-state index in [4.69, 9.17) is 4.74 Å². The van der Waals surface area contributed by atoms with Gasteiger partial charge in [0.2, 0.25) is 10.0 Å². The third-order valence-electron chi connectivity index (χ3n) is 3.23. The summed E-state index contributed by atoms with van der Waals surface area (Å²) in [6.07, 6.45) is 2.77. The summed E-state index contributed by atoms with van der Waals surface area (Å²) in [7, 11) is -1.86. The molecule has 112 valence electrons. The Morgan fingerprint density at radius 1 is 1.21 bits per heavy atom. The van der Waals surface area contributed by atoms with E-state index in [0.717, 1.165) is 0 Å². The normalized spacial score (nSPS) is 25.1. The number of methoxy groups -OCH3 is 1. The maximum atomic E-state index is 12.0. The van der Waals surface area contributed by atoms with Gasteiger partial charge in [0.15, 0.2) is 0 Å². The largest absolute Gasteiger partial charge is 0.469 e. The molecule has 6 heteroatoms. The molecule has 1 rings (SSSR count). The van der Waals surface area contributed by atoms with E-state index in [1.165, 1.54) is 7.11 Å². The van der Waals surface area contributed by atoms with E-state index >= 15 is 0 Å². The van der Waals surface area contributed by atoms with Crippen LogP contribution in [0.4, 0.5) is 0 Å². The molecule has 0 aromatic rings. The Kier molecular flexibility index (Phi) is 5.38. The second kappa shape index (κ2) is 6.22. The van der Waals surface area contributed by atoms with Crippen molar-refractivity contribution in [3.8, 4) is 0 Å². The number of hydrogen-bond donors (Lipinski definition) is 1. The van der Waals surface area contributed by atoms with Crippen molar-refractivity contribution in [1.29, 1.82) is 0 Å². The number of hydrogen-bond acceptors (Lipinski definition) is 4. The van der Waals surface area contributed by atoms with E-state index < -0.39 is 10.0 Å². The van der Waals surface area contributed by atoms with E-state index in [-0.39, 0.29) is 29.1 Å². The molecule has 0 aliphatic heterocycles. The SMILES string of the molecule is COC(=O)C1CCC(NS(=O)(=O)CC(C)(C)C)CC1. The van der Waals surface area contributed by atoms with Gasteiger partial charge in [0.05, 0.1) is 18.8 Å². The number of carbonyl (C=O) groups excluding carboxylic acids is 1. The fourth-order valence-corrected chi connectivity index (χ4v) is 4.45. The Balaban J connectivity index is 2.47. The van der Waals surface area contributed by atoms with Crippen LogP contribution in [0, 0.1) is 11.3 Å². The second-order valence-electron chi connectivity index (χ2n) is 6.51. The van der Waals surface area contributed by atoms with Gasteiger partial charge in [-0.1, -0.05) is 20.8 Å². The van der Waals surface area contributed by atoms with Gasteiger partial charge in [-0.25, -0.2) is 13.1 Å². The van der Waals surface area contributed by atoms with E-state index in [1.54, 1.807) is 0 Å².